The molecule has 1 aliphatic rings. The normalized spacial score (nSPS) is 12.9. The van der Waals surface area contributed by atoms with Gasteiger partial charge in [-0.15, -0.1) is 0 Å². The monoisotopic (exact) mass is 283 g/mol. The number of methoxy groups -OCH3 is 2. The van der Waals surface area contributed by atoms with Gasteiger partial charge in [0.05, 0.1) is 25.1 Å². The van der Waals surface area contributed by atoms with Crippen molar-refractivity contribution in [3.05, 3.63) is 30.5 Å². The van der Waals surface area contributed by atoms with E-state index in [1.54, 1.807) is 14.2 Å². The van der Waals surface area contributed by atoms with Crippen molar-refractivity contribution < 1.29 is 18.9 Å². The number of ether oxygens (including phenoxy) is 4. The molecule has 0 fully saturated rings. The van der Waals surface area contributed by atoms with Gasteiger partial charge in [0.1, 0.15) is 11.5 Å². The van der Waals surface area contributed by atoms with Gasteiger partial charge in [0, 0.05) is 29.1 Å². The van der Waals surface area contributed by atoms with Crippen LogP contribution < -0.4 is 18.9 Å². The summed E-state index contributed by atoms with van der Waals surface area (Å²) in [5, 5.41) is 2.94. The van der Waals surface area contributed by atoms with E-state index in [1.807, 2.05) is 30.5 Å². The summed E-state index contributed by atoms with van der Waals surface area (Å²) in [6.45, 7) is 0.252. The molecule has 0 atom stereocenters. The van der Waals surface area contributed by atoms with Crippen LogP contribution in [-0.2, 0) is 0 Å². The topological polar surface area (TPSA) is 49.8 Å². The lowest BCUT2D eigenvalue weighted by atomic mass is 10.0. The third-order valence-corrected chi connectivity index (χ3v) is 3.67. The SMILES string of the molecule is COc1cc(OC)c2c(c1)ncc1cc3c(cc12)OCO3. The van der Waals surface area contributed by atoms with Crippen molar-refractivity contribution in [2.45, 2.75) is 0 Å². The molecule has 4 rings (SSSR count). The number of pyridine rings is 1. The molecule has 0 amide bonds. The van der Waals surface area contributed by atoms with E-state index < -0.39 is 0 Å². The lowest BCUT2D eigenvalue weighted by molar-refractivity contribution is 0.174. The fourth-order valence-corrected chi connectivity index (χ4v) is 2.65. The molecule has 2 aromatic carbocycles. The summed E-state index contributed by atoms with van der Waals surface area (Å²) in [4.78, 5) is 4.50. The third-order valence-electron chi connectivity index (χ3n) is 3.67. The van der Waals surface area contributed by atoms with E-state index in [0.717, 1.165) is 38.9 Å². The van der Waals surface area contributed by atoms with Gasteiger partial charge in [0.2, 0.25) is 6.79 Å². The molecule has 5 nitrogen and oxygen atoms in total. The lowest BCUT2D eigenvalue weighted by Crippen LogP contribution is -1.92. The molecule has 0 spiro atoms. The number of nitrogens with zero attached hydrogens (tertiary/aromatic N) is 1. The highest BCUT2D eigenvalue weighted by Crippen LogP contribution is 2.41. The van der Waals surface area contributed by atoms with Gasteiger partial charge >= 0.3 is 0 Å². The first-order valence-electron chi connectivity index (χ1n) is 6.54. The first kappa shape index (κ1) is 12.1. The zero-order chi connectivity index (χ0) is 14.4. The van der Waals surface area contributed by atoms with E-state index in [9.17, 15) is 0 Å². The van der Waals surface area contributed by atoms with Crippen molar-refractivity contribution in [3.63, 3.8) is 0 Å². The molecular weight excluding hydrogens is 270 g/mol. The predicted octanol–water partition coefficient (Wildman–Crippen LogP) is 3.13. The van der Waals surface area contributed by atoms with E-state index in [0.29, 0.717) is 5.75 Å². The molecule has 1 aliphatic heterocycles. The molecule has 0 saturated carbocycles. The molecule has 0 aliphatic carbocycles. The minimum atomic E-state index is 0.252. The second-order valence-corrected chi connectivity index (χ2v) is 4.77. The Morgan fingerprint density at radius 2 is 1.81 bits per heavy atom. The van der Waals surface area contributed by atoms with Gasteiger partial charge in [-0.05, 0) is 12.1 Å². The number of fused-ring (bicyclic) bond motifs is 4. The van der Waals surface area contributed by atoms with Crippen LogP contribution in [0.4, 0.5) is 0 Å². The Bertz CT molecular complexity index is 860. The minimum absolute atomic E-state index is 0.252. The summed E-state index contributed by atoms with van der Waals surface area (Å²) >= 11 is 0. The molecular formula is C16H13NO4. The summed E-state index contributed by atoms with van der Waals surface area (Å²) in [5.74, 6) is 2.93. The average Bonchev–Trinajstić information content (AvgIpc) is 2.98. The Hall–Kier alpha value is -2.69. The Labute approximate surface area is 121 Å². The number of hydrogen-bond acceptors (Lipinski definition) is 5. The molecule has 0 bridgehead atoms. The van der Waals surface area contributed by atoms with Crippen LogP contribution in [0.3, 0.4) is 0 Å². The maximum atomic E-state index is 5.51. The lowest BCUT2D eigenvalue weighted by Gasteiger charge is -2.11. The number of benzene rings is 2. The van der Waals surface area contributed by atoms with Gasteiger partial charge in [0.25, 0.3) is 0 Å². The van der Waals surface area contributed by atoms with E-state index in [2.05, 4.69) is 4.98 Å². The van der Waals surface area contributed by atoms with Crippen LogP contribution in [0, 0.1) is 0 Å². The standard InChI is InChI=1S/C16H13NO4/c1-18-10-4-12-16(15(5-10)19-2)11-6-14-13(20-8-21-14)3-9(11)7-17-12/h3-7H,8H2,1-2H3. The first-order chi connectivity index (χ1) is 10.3. The maximum absolute atomic E-state index is 5.51. The zero-order valence-corrected chi connectivity index (χ0v) is 11.7. The summed E-state index contributed by atoms with van der Waals surface area (Å²) in [7, 11) is 3.26. The Balaban J connectivity index is 2.12. The van der Waals surface area contributed by atoms with Crippen LogP contribution in [-0.4, -0.2) is 26.0 Å². The summed E-state index contributed by atoms with van der Waals surface area (Å²) in [6, 6.07) is 7.65. The van der Waals surface area contributed by atoms with Crippen LogP contribution in [0.2, 0.25) is 0 Å². The first-order valence-corrected chi connectivity index (χ1v) is 6.54. The van der Waals surface area contributed by atoms with Crippen molar-refractivity contribution in [3.8, 4) is 23.0 Å². The quantitative estimate of drug-likeness (QED) is 0.676. The fraction of sp³-hybridized carbons (Fsp3) is 0.188. The molecule has 0 radical (unpaired) electrons. The maximum Gasteiger partial charge on any atom is 0.231 e. The number of rotatable bonds is 2. The van der Waals surface area contributed by atoms with Crippen molar-refractivity contribution >= 4 is 21.7 Å². The Kier molecular flexibility index (Phi) is 2.54. The van der Waals surface area contributed by atoms with Crippen LogP contribution in [0.1, 0.15) is 0 Å². The van der Waals surface area contributed by atoms with E-state index in [1.165, 1.54) is 0 Å². The van der Waals surface area contributed by atoms with Crippen LogP contribution in [0.25, 0.3) is 21.7 Å². The van der Waals surface area contributed by atoms with Crippen molar-refractivity contribution in [1.82, 2.24) is 4.98 Å². The summed E-state index contributed by atoms with van der Waals surface area (Å²) < 4.78 is 21.7. The van der Waals surface area contributed by atoms with Crippen LogP contribution in [0.5, 0.6) is 23.0 Å². The van der Waals surface area contributed by atoms with Gasteiger partial charge in [0.15, 0.2) is 11.5 Å². The van der Waals surface area contributed by atoms with Gasteiger partial charge in [-0.25, -0.2) is 0 Å². The number of aromatic nitrogens is 1. The largest absolute Gasteiger partial charge is 0.497 e. The molecule has 0 N–H and O–H groups in total. The Morgan fingerprint density at radius 3 is 2.57 bits per heavy atom. The smallest absolute Gasteiger partial charge is 0.231 e. The van der Waals surface area contributed by atoms with Crippen LogP contribution >= 0.6 is 0 Å². The highest BCUT2D eigenvalue weighted by molar-refractivity contribution is 6.10. The molecule has 0 unspecified atom stereocenters. The third kappa shape index (κ3) is 1.74. The highest BCUT2D eigenvalue weighted by atomic mass is 16.7. The van der Waals surface area contributed by atoms with Gasteiger partial charge in [-0.3, -0.25) is 4.98 Å². The second kappa shape index (κ2) is 4.41. The van der Waals surface area contributed by atoms with Crippen LogP contribution in [0.15, 0.2) is 30.5 Å². The second-order valence-electron chi connectivity index (χ2n) is 4.77. The Morgan fingerprint density at radius 1 is 1.00 bits per heavy atom. The molecule has 5 heteroatoms. The average molecular weight is 283 g/mol. The van der Waals surface area contributed by atoms with E-state index >= 15 is 0 Å². The summed E-state index contributed by atoms with van der Waals surface area (Å²) in [6.07, 6.45) is 1.82. The molecule has 21 heavy (non-hydrogen) atoms. The van der Waals surface area contributed by atoms with Crippen molar-refractivity contribution in [2.75, 3.05) is 21.0 Å². The molecule has 3 aromatic rings. The van der Waals surface area contributed by atoms with Crippen molar-refractivity contribution in [2.24, 2.45) is 0 Å². The number of hydrogen-bond donors (Lipinski definition) is 0. The van der Waals surface area contributed by atoms with Gasteiger partial charge in [-0.2, -0.15) is 0 Å². The molecule has 2 heterocycles. The zero-order valence-electron chi connectivity index (χ0n) is 11.7. The molecule has 0 saturated heterocycles. The van der Waals surface area contributed by atoms with E-state index in [-0.39, 0.29) is 6.79 Å². The van der Waals surface area contributed by atoms with Gasteiger partial charge in [-0.1, -0.05) is 0 Å². The predicted molar refractivity (Wildman–Crippen MR) is 78.5 cm³/mol. The highest BCUT2D eigenvalue weighted by Gasteiger charge is 2.17. The fourth-order valence-electron chi connectivity index (χ4n) is 2.65. The summed E-state index contributed by atoms with van der Waals surface area (Å²) in [5.41, 5.74) is 0.817. The molecule has 1 aromatic heterocycles. The minimum Gasteiger partial charge on any atom is -0.497 e. The van der Waals surface area contributed by atoms with Crippen molar-refractivity contribution in [1.29, 1.82) is 0 Å². The van der Waals surface area contributed by atoms with Gasteiger partial charge < -0.3 is 18.9 Å². The van der Waals surface area contributed by atoms with E-state index in [4.69, 9.17) is 18.9 Å². The molecule has 106 valence electrons.